The summed E-state index contributed by atoms with van der Waals surface area (Å²) in [5.74, 6) is -0.0524. The minimum Gasteiger partial charge on any atom is -0.507 e. The van der Waals surface area contributed by atoms with Crippen LogP contribution in [0.5, 0.6) is 17.2 Å². The standard InChI is InChI=1S/C18H22O10/c1-7-4-8-12(17(23)26-7)9(20)5-10(24-2)15(8)28-18-14(22)13(21)16(25-3)11(6-19)27-18/h4-5,11,13-14,16,18-22H,6H2,1-3H3. The molecule has 1 aliphatic heterocycles. The molecule has 5 atom stereocenters. The topological polar surface area (TPSA) is 148 Å². The van der Waals surface area contributed by atoms with Gasteiger partial charge < -0.3 is 43.8 Å². The van der Waals surface area contributed by atoms with Gasteiger partial charge in [-0.15, -0.1) is 0 Å². The molecule has 10 heteroatoms. The third-order valence-corrected chi connectivity index (χ3v) is 4.61. The zero-order valence-electron chi connectivity index (χ0n) is 15.5. The van der Waals surface area contributed by atoms with Crippen molar-refractivity contribution in [1.29, 1.82) is 0 Å². The first-order valence-corrected chi connectivity index (χ1v) is 8.48. The van der Waals surface area contributed by atoms with Crippen LogP contribution in [0.15, 0.2) is 21.3 Å². The summed E-state index contributed by atoms with van der Waals surface area (Å²) < 4.78 is 26.6. The van der Waals surface area contributed by atoms with Crippen molar-refractivity contribution in [2.75, 3.05) is 20.8 Å². The van der Waals surface area contributed by atoms with Crippen molar-refractivity contribution in [2.45, 2.75) is 37.6 Å². The Hall–Kier alpha value is -2.37. The maximum Gasteiger partial charge on any atom is 0.347 e. The molecule has 0 aliphatic carbocycles. The van der Waals surface area contributed by atoms with Crippen molar-refractivity contribution in [2.24, 2.45) is 0 Å². The van der Waals surface area contributed by atoms with Gasteiger partial charge in [0.15, 0.2) is 11.5 Å². The summed E-state index contributed by atoms with van der Waals surface area (Å²) in [7, 11) is 2.64. The van der Waals surface area contributed by atoms with Crippen molar-refractivity contribution in [3.8, 4) is 17.2 Å². The van der Waals surface area contributed by atoms with Gasteiger partial charge in [-0.3, -0.25) is 0 Å². The number of methoxy groups -OCH3 is 2. The van der Waals surface area contributed by atoms with Crippen LogP contribution in [0.4, 0.5) is 0 Å². The second kappa shape index (κ2) is 7.94. The number of benzene rings is 1. The maximum absolute atomic E-state index is 12.2. The molecule has 28 heavy (non-hydrogen) atoms. The lowest BCUT2D eigenvalue weighted by Crippen LogP contribution is -2.60. The van der Waals surface area contributed by atoms with Gasteiger partial charge in [0.25, 0.3) is 0 Å². The lowest BCUT2D eigenvalue weighted by atomic mass is 9.99. The predicted octanol–water partition coefficient (Wildman–Crippen LogP) is -0.352. The summed E-state index contributed by atoms with van der Waals surface area (Å²) in [5, 5.41) is 40.3. The summed E-state index contributed by atoms with van der Waals surface area (Å²) in [5.41, 5.74) is -0.780. The highest BCUT2D eigenvalue weighted by molar-refractivity contribution is 5.94. The van der Waals surface area contributed by atoms with Crippen LogP contribution in [0.25, 0.3) is 10.8 Å². The first-order chi connectivity index (χ1) is 13.3. The van der Waals surface area contributed by atoms with E-state index in [1.807, 2.05) is 0 Å². The number of rotatable bonds is 5. The van der Waals surface area contributed by atoms with E-state index in [0.29, 0.717) is 0 Å². The van der Waals surface area contributed by atoms with E-state index in [9.17, 15) is 25.2 Å². The minimum atomic E-state index is -1.53. The minimum absolute atomic E-state index is 0.00453. The van der Waals surface area contributed by atoms with Gasteiger partial charge in [0.1, 0.15) is 41.3 Å². The number of aliphatic hydroxyl groups excluding tert-OH is 3. The smallest absolute Gasteiger partial charge is 0.347 e. The fourth-order valence-electron chi connectivity index (χ4n) is 3.26. The molecule has 1 fully saturated rings. The number of ether oxygens (including phenoxy) is 4. The average Bonchev–Trinajstić information content (AvgIpc) is 2.66. The monoisotopic (exact) mass is 398 g/mol. The molecule has 154 valence electrons. The molecule has 2 heterocycles. The summed E-state index contributed by atoms with van der Waals surface area (Å²) in [4.78, 5) is 12.2. The van der Waals surface area contributed by atoms with Crippen LogP contribution in [0, 0.1) is 6.92 Å². The van der Waals surface area contributed by atoms with Gasteiger partial charge in [-0.1, -0.05) is 0 Å². The second-order valence-electron chi connectivity index (χ2n) is 6.39. The van der Waals surface area contributed by atoms with Crippen molar-refractivity contribution in [1.82, 2.24) is 0 Å². The highest BCUT2D eigenvalue weighted by Crippen LogP contribution is 2.41. The van der Waals surface area contributed by atoms with E-state index in [1.54, 1.807) is 6.92 Å². The second-order valence-corrected chi connectivity index (χ2v) is 6.39. The molecule has 4 N–H and O–H groups in total. The highest BCUT2D eigenvalue weighted by atomic mass is 16.7. The Bertz CT molecular complexity index is 905. The summed E-state index contributed by atoms with van der Waals surface area (Å²) >= 11 is 0. The Labute approximate surface area is 159 Å². The third-order valence-electron chi connectivity index (χ3n) is 4.61. The van der Waals surface area contributed by atoms with Crippen molar-refractivity contribution >= 4 is 10.8 Å². The molecule has 1 saturated heterocycles. The Morgan fingerprint density at radius 3 is 2.50 bits per heavy atom. The van der Waals surface area contributed by atoms with E-state index >= 15 is 0 Å². The number of hydrogen-bond acceptors (Lipinski definition) is 10. The van der Waals surface area contributed by atoms with Crippen molar-refractivity contribution in [3.63, 3.8) is 0 Å². The summed E-state index contributed by atoms with van der Waals surface area (Å²) in [6.07, 6.45) is -6.26. The molecule has 0 amide bonds. The van der Waals surface area contributed by atoms with Gasteiger partial charge in [-0.25, -0.2) is 4.79 Å². The quantitative estimate of drug-likeness (QED) is 0.526. The zero-order chi connectivity index (χ0) is 20.6. The number of phenols is 1. The molecule has 3 rings (SSSR count). The van der Waals surface area contributed by atoms with Crippen LogP contribution in [-0.2, 0) is 9.47 Å². The molecule has 5 unspecified atom stereocenters. The van der Waals surface area contributed by atoms with E-state index in [2.05, 4.69) is 0 Å². The van der Waals surface area contributed by atoms with Gasteiger partial charge in [0.05, 0.1) is 13.7 Å². The third kappa shape index (κ3) is 3.40. The van der Waals surface area contributed by atoms with E-state index in [1.165, 1.54) is 20.3 Å². The number of fused-ring (bicyclic) bond motifs is 1. The zero-order valence-corrected chi connectivity index (χ0v) is 15.5. The van der Waals surface area contributed by atoms with Crippen LogP contribution in [-0.4, -0.2) is 72.0 Å². The molecule has 2 aromatic rings. The van der Waals surface area contributed by atoms with Gasteiger partial charge in [-0.05, 0) is 13.0 Å². The maximum atomic E-state index is 12.2. The largest absolute Gasteiger partial charge is 0.507 e. The van der Waals surface area contributed by atoms with Gasteiger partial charge in [-0.2, -0.15) is 0 Å². The molecule has 1 aliphatic rings. The molecule has 1 aromatic heterocycles. The van der Waals surface area contributed by atoms with Gasteiger partial charge in [0, 0.05) is 18.6 Å². The van der Waals surface area contributed by atoms with Crippen molar-refractivity contribution < 1.29 is 43.8 Å². The van der Waals surface area contributed by atoms with E-state index < -0.39 is 42.9 Å². The first-order valence-electron chi connectivity index (χ1n) is 8.48. The fourth-order valence-corrected chi connectivity index (χ4v) is 3.26. The highest BCUT2D eigenvalue weighted by Gasteiger charge is 2.46. The molecule has 0 radical (unpaired) electrons. The Morgan fingerprint density at radius 2 is 1.89 bits per heavy atom. The fraction of sp³-hybridized carbons (Fsp3) is 0.500. The number of hydrogen-bond donors (Lipinski definition) is 4. The molecular formula is C18H22O10. The van der Waals surface area contributed by atoms with E-state index in [0.717, 1.165) is 6.07 Å². The molecule has 10 nitrogen and oxygen atoms in total. The Morgan fingerprint density at radius 1 is 1.18 bits per heavy atom. The van der Waals surface area contributed by atoms with Gasteiger partial charge in [0.2, 0.25) is 6.29 Å². The summed E-state index contributed by atoms with van der Waals surface area (Å²) in [6.45, 7) is 1.06. The van der Waals surface area contributed by atoms with Crippen molar-refractivity contribution in [3.05, 3.63) is 28.3 Å². The normalized spacial score (nSPS) is 27.7. The van der Waals surface area contributed by atoms with Crippen LogP contribution in [0.1, 0.15) is 5.76 Å². The van der Waals surface area contributed by atoms with Crippen LogP contribution in [0.3, 0.4) is 0 Å². The van der Waals surface area contributed by atoms with E-state index in [-0.39, 0.29) is 33.8 Å². The van der Waals surface area contributed by atoms with E-state index in [4.69, 9.17) is 23.4 Å². The lowest BCUT2D eigenvalue weighted by molar-refractivity contribution is -0.281. The molecule has 1 aromatic carbocycles. The van der Waals surface area contributed by atoms with Gasteiger partial charge >= 0.3 is 5.63 Å². The lowest BCUT2D eigenvalue weighted by Gasteiger charge is -2.41. The summed E-state index contributed by atoms with van der Waals surface area (Å²) in [6, 6.07) is 2.62. The Kier molecular flexibility index (Phi) is 5.77. The molecule has 0 spiro atoms. The number of aryl methyl sites for hydroxylation is 1. The number of phenolic OH excluding ortho intramolecular Hbond substituents is 1. The SMILES string of the molecule is COc1cc(O)c2c(=O)oc(C)cc2c1OC1OC(CO)C(OC)C(O)C1O. The average molecular weight is 398 g/mol. The molecule has 0 bridgehead atoms. The number of aromatic hydroxyl groups is 1. The number of aliphatic hydroxyl groups is 3. The molecular weight excluding hydrogens is 376 g/mol. The first kappa shape index (κ1) is 20.4. The van der Waals surface area contributed by atoms with Crippen LogP contribution < -0.4 is 15.1 Å². The molecule has 0 saturated carbocycles. The predicted molar refractivity (Wildman–Crippen MR) is 94.6 cm³/mol. The van der Waals surface area contributed by atoms with Crippen LogP contribution >= 0.6 is 0 Å². The van der Waals surface area contributed by atoms with Crippen LogP contribution in [0.2, 0.25) is 0 Å². The Balaban J connectivity index is 2.09.